The number of halogens is 1. The zero-order valence-corrected chi connectivity index (χ0v) is 18.7. The van der Waals surface area contributed by atoms with Gasteiger partial charge in [-0.3, -0.25) is 9.59 Å². The van der Waals surface area contributed by atoms with Gasteiger partial charge < -0.3 is 24.8 Å². The van der Waals surface area contributed by atoms with Crippen molar-refractivity contribution in [3.05, 3.63) is 71.8 Å². The Hall–Kier alpha value is -3.71. The van der Waals surface area contributed by atoms with Crippen LogP contribution in [0, 0.1) is 5.92 Å². The molecule has 8 heteroatoms. The van der Waals surface area contributed by atoms with Crippen molar-refractivity contribution in [3.63, 3.8) is 0 Å². The molecule has 2 N–H and O–H groups in total. The number of amides is 2. The van der Waals surface area contributed by atoms with Crippen LogP contribution < -0.4 is 24.8 Å². The van der Waals surface area contributed by atoms with Crippen LogP contribution >= 0.6 is 11.6 Å². The van der Waals surface area contributed by atoms with Crippen molar-refractivity contribution >= 4 is 34.8 Å². The van der Waals surface area contributed by atoms with E-state index in [1.165, 1.54) is 0 Å². The zero-order valence-electron chi connectivity index (χ0n) is 18.0. The molecular weight excluding hydrogens is 444 g/mol. The maximum atomic E-state index is 12.5. The van der Waals surface area contributed by atoms with E-state index in [2.05, 4.69) is 10.6 Å². The van der Waals surface area contributed by atoms with E-state index in [4.69, 9.17) is 25.8 Å². The highest BCUT2D eigenvalue weighted by Crippen LogP contribution is 2.33. The normalized spacial score (nSPS) is 12.5. The number of ether oxygens (including phenoxy) is 3. The lowest BCUT2D eigenvalue weighted by molar-refractivity contribution is -0.118. The van der Waals surface area contributed by atoms with Gasteiger partial charge in [0.2, 0.25) is 5.91 Å². The SMILES string of the molecule is COc1ccc(Oc2ccc(Cl)cc2NC(=O)COc2cccc(NC(=O)C3CC3)c2)cc1. The summed E-state index contributed by atoms with van der Waals surface area (Å²) in [7, 11) is 1.59. The summed E-state index contributed by atoms with van der Waals surface area (Å²) in [6.45, 7) is -0.228. The van der Waals surface area contributed by atoms with E-state index in [-0.39, 0.29) is 24.3 Å². The second kappa shape index (κ2) is 10.3. The van der Waals surface area contributed by atoms with Crippen LogP contribution in [0.15, 0.2) is 66.7 Å². The van der Waals surface area contributed by atoms with Crippen LogP contribution in [0.4, 0.5) is 11.4 Å². The summed E-state index contributed by atoms with van der Waals surface area (Å²) in [6, 6.07) is 19.0. The Morgan fingerprint density at radius 3 is 2.42 bits per heavy atom. The maximum absolute atomic E-state index is 12.5. The number of benzene rings is 3. The first kappa shape index (κ1) is 22.5. The summed E-state index contributed by atoms with van der Waals surface area (Å²) in [4.78, 5) is 24.5. The van der Waals surface area contributed by atoms with Crippen molar-refractivity contribution in [2.24, 2.45) is 5.92 Å². The number of rotatable bonds is 9. The van der Waals surface area contributed by atoms with E-state index in [1.807, 2.05) is 0 Å². The molecule has 0 spiro atoms. The molecule has 1 aliphatic carbocycles. The van der Waals surface area contributed by atoms with Crippen molar-refractivity contribution in [3.8, 4) is 23.0 Å². The highest BCUT2D eigenvalue weighted by molar-refractivity contribution is 6.31. The minimum absolute atomic E-state index is 0.00948. The number of methoxy groups -OCH3 is 1. The molecule has 4 rings (SSSR count). The minimum atomic E-state index is -0.385. The number of carbonyl (C=O) groups excluding carboxylic acids is 2. The van der Waals surface area contributed by atoms with E-state index in [1.54, 1.807) is 73.8 Å². The molecule has 7 nitrogen and oxygen atoms in total. The molecule has 0 atom stereocenters. The first-order valence-electron chi connectivity index (χ1n) is 10.5. The molecule has 3 aromatic carbocycles. The number of nitrogens with one attached hydrogen (secondary N) is 2. The molecule has 2 amide bonds. The van der Waals surface area contributed by atoms with E-state index in [9.17, 15) is 9.59 Å². The Kier molecular flexibility index (Phi) is 7.00. The fourth-order valence-electron chi connectivity index (χ4n) is 3.05. The van der Waals surface area contributed by atoms with Crippen LogP contribution in [-0.4, -0.2) is 25.5 Å². The van der Waals surface area contributed by atoms with Gasteiger partial charge in [-0.05, 0) is 67.4 Å². The van der Waals surface area contributed by atoms with Gasteiger partial charge in [0.05, 0.1) is 12.8 Å². The van der Waals surface area contributed by atoms with E-state index < -0.39 is 0 Å². The van der Waals surface area contributed by atoms with Crippen LogP contribution in [0.1, 0.15) is 12.8 Å². The maximum Gasteiger partial charge on any atom is 0.262 e. The van der Waals surface area contributed by atoms with E-state index >= 15 is 0 Å². The van der Waals surface area contributed by atoms with Crippen LogP contribution in [-0.2, 0) is 9.59 Å². The Morgan fingerprint density at radius 1 is 0.939 bits per heavy atom. The lowest BCUT2D eigenvalue weighted by atomic mass is 10.2. The van der Waals surface area contributed by atoms with Crippen LogP contribution in [0.25, 0.3) is 0 Å². The number of anilines is 2. The van der Waals surface area contributed by atoms with Gasteiger partial charge in [0.15, 0.2) is 12.4 Å². The molecule has 0 heterocycles. The summed E-state index contributed by atoms with van der Waals surface area (Å²) in [5.41, 5.74) is 1.05. The Balaban J connectivity index is 1.37. The third kappa shape index (κ3) is 6.40. The summed E-state index contributed by atoms with van der Waals surface area (Å²) in [5.74, 6) is 1.92. The molecule has 1 aliphatic rings. The third-order valence-electron chi connectivity index (χ3n) is 4.92. The van der Waals surface area contributed by atoms with Crippen LogP contribution in [0.3, 0.4) is 0 Å². The average Bonchev–Trinajstić information content (AvgIpc) is 3.66. The van der Waals surface area contributed by atoms with Crippen LogP contribution in [0.2, 0.25) is 5.02 Å². The quantitative estimate of drug-likeness (QED) is 0.434. The summed E-state index contributed by atoms with van der Waals surface area (Å²) >= 11 is 6.11. The van der Waals surface area contributed by atoms with Crippen molar-refractivity contribution in [2.45, 2.75) is 12.8 Å². The largest absolute Gasteiger partial charge is 0.497 e. The second-order valence-corrected chi connectivity index (χ2v) is 7.98. The Labute approximate surface area is 196 Å². The third-order valence-corrected chi connectivity index (χ3v) is 5.16. The van der Waals surface area contributed by atoms with Crippen molar-refractivity contribution in [1.82, 2.24) is 0 Å². The van der Waals surface area contributed by atoms with Gasteiger partial charge in [-0.15, -0.1) is 0 Å². The predicted molar refractivity (Wildman–Crippen MR) is 126 cm³/mol. The molecule has 0 unspecified atom stereocenters. The van der Waals surface area contributed by atoms with Crippen molar-refractivity contribution in [2.75, 3.05) is 24.4 Å². The molecule has 0 aromatic heterocycles. The highest BCUT2D eigenvalue weighted by atomic mass is 35.5. The van der Waals surface area contributed by atoms with Gasteiger partial charge in [0, 0.05) is 22.7 Å². The van der Waals surface area contributed by atoms with Crippen molar-refractivity contribution < 1.29 is 23.8 Å². The monoisotopic (exact) mass is 466 g/mol. The van der Waals surface area contributed by atoms with Crippen LogP contribution in [0.5, 0.6) is 23.0 Å². The highest BCUT2D eigenvalue weighted by Gasteiger charge is 2.29. The van der Waals surface area contributed by atoms with Crippen molar-refractivity contribution in [1.29, 1.82) is 0 Å². The molecular formula is C25H23ClN2O5. The average molecular weight is 467 g/mol. The fourth-order valence-corrected chi connectivity index (χ4v) is 3.22. The standard InChI is InChI=1S/C25H23ClN2O5/c1-31-19-8-10-20(11-9-19)33-23-12-7-17(26)13-22(23)28-24(29)15-32-21-4-2-3-18(14-21)27-25(30)16-5-6-16/h2-4,7-14,16H,5-6,15H2,1H3,(H,27,30)(H,28,29). The first-order valence-corrected chi connectivity index (χ1v) is 10.8. The smallest absolute Gasteiger partial charge is 0.262 e. The molecule has 33 heavy (non-hydrogen) atoms. The van der Waals surface area contributed by atoms with Gasteiger partial charge in [-0.25, -0.2) is 0 Å². The summed E-state index contributed by atoms with van der Waals surface area (Å²) in [5, 5.41) is 6.08. The molecule has 3 aromatic rings. The number of hydrogen-bond donors (Lipinski definition) is 2. The van der Waals surface area contributed by atoms with Gasteiger partial charge in [0.25, 0.3) is 5.91 Å². The summed E-state index contributed by atoms with van der Waals surface area (Å²) in [6.07, 6.45) is 1.85. The topological polar surface area (TPSA) is 85.9 Å². The van der Waals surface area contributed by atoms with E-state index in [0.29, 0.717) is 39.4 Å². The zero-order chi connectivity index (χ0) is 23.2. The van der Waals surface area contributed by atoms with Gasteiger partial charge in [-0.1, -0.05) is 17.7 Å². The molecule has 1 saturated carbocycles. The lowest BCUT2D eigenvalue weighted by Gasteiger charge is -2.14. The molecule has 0 saturated heterocycles. The second-order valence-electron chi connectivity index (χ2n) is 7.55. The molecule has 0 bridgehead atoms. The van der Waals surface area contributed by atoms with E-state index in [0.717, 1.165) is 12.8 Å². The molecule has 1 fully saturated rings. The van der Waals surface area contributed by atoms with Gasteiger partial charge >= 0.3 is 0 Å². The Morgan fingerprint density at radius 2 is 1.70 bits per heavy atom. The fraction of sp³-hybridized carbons (Fsp3) is 0.200. The lowest BCUT2D eigenvalue weighted by Crippen LogP contribution is -2.20. The molecule has 0 radical (unpaired) electrons. The summed E-state index contributed by atoms with van der Waals surface area (Å²) < 4.78 is 16.6. The first-order chi connectivity index (χ1) is 16.0. The minimum Gasteiger partial charge on any atom is -0.497 e. The van der Waals surface area contributed by atoms with Gasteiger partial charge in [-0.2, -0.15) is 0 Å². The van der Waals surface area contributed by atoms with Gasteiger partial charge in [0.1, 0.15) is 17.2 Å². The predicted octanol–water partition coefficient (Wildman–Crippen LogP) is 5.51. The molecule has 0 aliphatic heterocycles. The molecule has 170 valence electrons. The Bertz CT molecular complexity index is 1150. The number of carbonyl (C=O) groups is 2. The number of hydrogen-bond acceptors (Lipinski definition) is 5.